The van der Waals surface area contributed by atoms with E-state index in [0.717, 1.165) is 6.61 Å². The Balaban J connectivity index is 2.00. The van der Waals surface area contributed by atoms with Gasteiger partial charge >= 0.3 is 47.5 Å². The Morgan fingerprint density at radius 2 is 2.67 bits per heavy atom. The Morgan fingerprint density at radius 1 is 1.67 bits per heavy atom. The Bertz CT molecular complexity index is 26.3. The van der Waals surface area contributed by atoms with Gasteiger partial charge in [-0.2, -0.15) is 0 Å². The van der Waals surface area contributed by atoms with E-state index in [9.17, 15) is 0 Å². The Hall–Kier alpha value is 0.868. The van der Waals surface area contributed by atoms with Crippen LogP contribution < -0.4 is 0 Å². The van der Waals surface area contributed by atoms with E-state index in [2.05, 4.69) is 0 Å². The summed E-state index contributed by atoms with van der Waals surface area (Å²) in [6.07, 6.45) is 1.27. The average molecular weight is 166 g/mol. The van der Waals surface area contributed by atoms with Crippen LogP contribution in [0.25, 0.3) is 0 Å². The van der Waals surface area contributed by atoms with E-state index in [0.29, 0.717) is 0 Å². The fourth-order valence-electron chi connectivity index (χ4n) is 0.328. The third-order valence-corrected chi connectivity index (χ3v) is 4.54. The van der Waals surface area contributed by atoms with E-state index in [-0.39, 0.29) is 14.9 Å². The Morgan fingerprint density at radius 3 is 2.83 bits per heavy atom. The van der Waals surface area contributed by atoms with Crippen LogP contribution in [0.3, 0.4) is 0 Å². The molecule has 1 heterocycles. The van der Waals surface area contributed by atoms with Crippen LogP contribution >= 0.6 is 10.0 Å². The minimum absolute atomic E-state index is 0.0243. The number of hydrogen-bond acceptors (Lipinski definition) is 2. The minimum atomic E-state index is 0.0243. The van der Waals surface area contributed by atoms with E-state index < -0.39 is 0 Å². The number of hydrogen-bond donors (Lipinski definition) is 0. The molecule has 1 rings (SSSR count). The summed E-state index contributed by atoms with van der Waals surface area (Å²) >= 11 is 0.0243. The van der Waals surface area contributed by atoms with Gasteiger partial charge in [-0.25, -0.2) is 0 Å². The molecule has 0 saturated carbocycles. The van der Waals surface area contributed by atoms with E-state index in [4.69, 9.17) is 3.73 Å². The first-order valence-electron chi connectivity index (χ1n) is 1.99. The second kappa shape index (κ2) is 2.95. The molecule has 36 valence electrons. The zero-order valence-electron chi connectivity index (χ0n) is 3.44. The van der Waals surface area contributed by atoms with Crippen molar-refractivity contribution in [1.82, 2.24) is 0 Å². The number of rotatable bonds is 0. The van der Waals surface area contributed by atoms with E-state index in [1.54, 1.807) is 0 Å². The fourth-order valence-corrected chi connectivity index (χ4v) is 3.63. The molecule has 1 saturated heterocycles. The standard InChI is InChI=1S/C3H7AsOS/c1-2-5-4-6-3-1/h4H,1-3H2. The first kappa shape index (κ1) is 5.01. The summed E-state index contributed by atoms with van der Waals surface area (Å²) in [7, 11) is 2.00. The van der Waals surface area contributed by atoms with E-state index in [1.807, 2.05) is 10.0 Å². The van der Waals surface area contributed by atoms with Crippen LogP contribution in [-0.2, 0) is 3.73 Å². The van der Waals surface area contributed by atoms with Crippen LogP contribution in [0.15, 0.2) is 0 Å². The van der Waals surface area contributed by atoms with Crippen molar-refractivity contribution >= 4 is 25.0 Å². The van der Waals surface area contributed by atoms with Gasteiger partial charge in [-0.05, 0) is 0 Å². The second-order valence-corrected chi connectivity index (χ2v) is 5.47. The first-order valence-corrected chi connectivity index (χ1v) is 6.40. The molecule has 1 fully saturated rings. The molecule has 1 atom stereocenters. The van der Waals surface area contributed by atoms with Crippen molar-refractivity contribution in [2.75, 3.05) is 12.4 Å². The maximum atomic E-state index is 5.16. The molecule has 0 aromatic rings. The van der Waals surface area contributed by atoms with Crippen LogP contribution in [0.2, 0.25) is 0 Å². The third-order valence-electron chi connectivity index (χ3n) is 0.611. The zero-order chi connectivity index (χ0) is 4.24. The predicted octanol–water partition coefficient (Wildman–Crippen LogP) is 0.406. The summed E-state index contributed by atoms with van der Waals surface area (Å²) in [5, 5.41) is 0. The topological polar surface area (TPSA) is 9.23 Å². The van der Waals surface area contributed by atoms with Gasteiger partial charge in [0.05, 0.1) is 0 Å². The molecule has 0 aromatic heterocycles. The molecule has 1 unspecified atom stereocenters. The van der Waals surface area contributed by atoms with Gasteiger partial charge < -0.3 is 0 Å². The molecule has 6 heavy (non-hydrogen) atoms. The van der Waals surface area contributed by atoms with Crippen LogP contribution in [0.1, 0.15) is 6.42 Å². The second-order valence-electron chi connectivity index (χ2n) is 1.13. The normalized spacial score (nSPS) is 28.0. The van der Waals surface area contributed by atoms with Crippen molar-refractivity contribution in [2.45, 2.75) is 6.42 Å². The van der Waals surface area contributed by atoms with Gasteiger partial charge in [-0.1, -0.05) is 0 Å². The van der Waals surface area contributed by atoms with Gasteiger partial charge in [-0.3, -0.25) is 0 Å². The monoisotopic (exact) mass is 166 g/mol. The Kier molecular flexibility index (Phi) is 2.46. The molecule has 0 N–H and O–H groups in total. The van der Waals surface area contributed by atoms with Gasteiger partial charge in [0.25, 0.3) is 0 Å². The van der Waals surface area contributed by atoms with Crippen molar-refractivity contribution in [3.63, 3.8) is 0 Å². The maximum absolute atomic E-state index is 5.16. The van der Waals surface area contributed by atoms with Crippen LogP contribution in [-0.4, -0.2) is 27.3 Å². The molecule has 0 amide bonds. The summed E-state index contributed by atoms with van der Waals surface area (Å²) < 4.78 is 5.16. The van der Waals surface area contributed by atoms with Crippen LogP contribution in [0.4, 0.5) is 0 Å². The quantitative estimate of drug-likeness (QED) is 0.482. The molecule has 0 aromatic carbocycles. The summed E-state index contributed by atoms with van der Waals surface area (Å²) in [5.74, 6) is 1.35. The van der Waals surface area contributed by atoms with E-state index >= 15 is 0 Å². The molecule has 0 bridgehead atoms. The van der Waals surface area contributed by atoms with Crippen LogP contribution in [0, 0.1) is 0 Å². The predicted molar refractivity (Wildman–Crippen MR) is 30.2 cm³/mol. The van der Waals surface area contributed by atoms with Gasteiger partial charge in [-0.15, -0.1) is 0 Å². The zero-order valence-corrected chi connectivity index (χ0v) is 6.35. The van der Waals surface area contributed by atoms with Crippen molar-refractivity contribution in [2.24, 2.45) is 0 Å². The summed E-state index contributed by atoms with van der Waals surface area (Å²) in [5.41, 5.74) is 0. The fraction of sp³-hybridized carbons (Fsp3) is 1.00. The average Bonchev–Trinajstić information content (AvgIpc) is 1.72. The first-order chi connectivity index (χ1) is 3.00. The third kappa shape index (κ3) is 1.54. The van der Waals surface area contributed by atoms with Crippen molar-refractivity contribution in [1.29, 1.82) is 0 Å². The molecule has 0 spiro atoms. The SMILES string of the molecule is C1CO[AsH]SC1. The van der Waals surface area contributed by atoms with Gasteiger partial charge in [0, 0.05) is 0 Å². The molecular formula is C3H7AsOS. The molecule has 1 nitrogen and oxygen atoms in total. The van der Waals surface area contributed by atoms with Crippen molar-refractivity contribution < 1.29 is 3.73 Å². The molecule has 0 aliphatic carbocycles. The summed E-state index contributed by atoms with van der Waals surface area (Å²) in [6, 6.07) is 0. The summed E-state index contributed by atoms with van der Waals surface area (Å²) in [6.45, 7) is 1.03. The van der Waals surface area contributed by atoms with Gasteiger partial charge in [0.15, 0.2) is 0 Å². The Labute approximate surface area is 47.9 Å². The van der Waals surface area contributed by atoms with Crippen molar-refractivity contribution in [3.8, 4) is 0 Å². The molecule has 3 heteroatoms. The van der Waals surface area contributed by atoms with Gasteiger partial charge in [0.2, 0.25) is 0 Å². The van der Waals surface area contributed by atoms with E-state index in [1.165, 1.54) is 12.2 Å². The molecule has 1 aliphatic heterocycles. The van der Waals surface area contributed by atoms with Crippen LogP contribution in [0.5, 0.6) is 0 Å². The van der Waals surface area contributed by atoms with Gasteiger partial charge in [0.1, 0.15) is 0 Å². The summed E-state index contributed by atoms with van der Waals surface area (Å²) in [4.78, 5) is 0. The molecular weight excluding hydrogens is 159 g/mol. The molecule has 1 aliphatic rings. The van der Waals surface area contributed by atoms with Crippen molar-refractivity contribution in [3.05, 3.63) is 0 Å². The molecule has 0 radical (unpaired) electrons.